The summed E-state index contributed by atoms with van der Waals surface area (Å²) in [4.78, 5) is 43.9. The summed E-state index contributed by atoms with van der Waals surface area (Å²) in [5.41, 5.74) is 2.49. The van der Waals surface area contributed by atoms with Gasteiger partial charge in [0.2, 0.25) is 5.91 Å². The maximum atomic E-state index is 12.5. The highest BCUT2D eigenvalue weighted by molar-refractivity contribution is 6.05. The molecule has 0 aliphatic carbocycles. The lowest BCUT2D eigenvalue weighted by atomic mass is 10.2. The van der Waals surface area contributed by atoms with Crippen molar-refractivity contribution >= 4 is 29.1 Å². The molecule has 0 atom stereocenters. The van der Waals surface area contributed by atoms with E-state index in [2.05, 4.69) is 25.9 Å². The zero-order valence-electron chi connectivity index (χ0n) is 15.7. The highest BCUT2D eigenvalue weighted by Gasteiger charge is 2.12. The van der Waals surface area contributed by atoms with E-state index in [0.29, 0.717) is 23.5 Å². The summed E-state index contributed by atoms with van der Waals surface area (Å²) in [7, 11) is 0. The Balaban J connectivity index is 1.62. The van der Waals surface area contributed by atoms with E-state index >= 15 is 0 Å². The molecule has 29 heavy (non-hydrogen) atoms. The van der Waals surface area contributed by atoms with Crippen LogP contribution in [-0.4, -0.2) is 27.7 Å². The van der Waals surface area contributed by atoms with Gasteiger partial charge < -0.3 is 16.0 Å². The first kappa shape index (κ1) is 19.7. The van der Waals surface area contributed by atoms with E-state index in [1.54, 1.807) is 42.7 Å². The number of nitrogens with one attached hydrogen (secondary N) is 3. The van der Waals surface area contributed by atoms with Gasteiger partial charge in [0, 0.05) is 49.0 Å². The molecule has 2 heterocycles. The molecule has 0 spiro atoms. The minimum Gasteiger partial charge on any atom is -0.347 e. The van der Waals surface area contributed by atoms with Gasteiger partial charge in [-0.3, -0.25) is 24.4 Å². The molecule has 1 aromatic carbocycles. The van der Waals surface area contributed by atoms with Gasteiger partial charge in [0.1, 0.15) is 5.69 Å². The van der Waals surface area contributed by atoms with E-state index in [1.165, 1.54) is 25.3 Å². The molecule has 8 heteroatoms. The van der Waals surface area contributed by atoms with Crippen molar-refractivity contribution in [2.45, 2.75) is 13.5 Å². The van der Waals surface area contributed by atoms with Gasteiger partial charge >= 0.3 is 0 Å². The first-order valence-electron chi connectivity index (χ1n) is 8.83. The van der Waals surface area contributed by atoms with Crippen LogP contribution in [-0.2, 0) is 11.3 Å². The molecule has 2 aromatic heterocycles. The number of pyridine rings is 2. The van der Waals surface area contributed by atoms with E-state index in [0.717, 1.165) is 5.56 Å². The molecule has 146 valence electrons. The third-order valence-electron chi connectivity index (χ3n) is 3.89. The summed E-state index contributed by atoms with van der Waals surface area (Å²) in [6, 6.07) is 13.3. The molecular formula is C21H19N5O3. The lowest BCUT2D eigenvalue weighted by molar-refractivity contribution is -0.114. The van der Waals surface area contributed by atoms with Gasteiger partial charge in [0.15, 0.2) is 0 Å². The largest absolute Gasteiger partial charge is 0.347 e. The number of carbonyl (C=O) groups is 3. The fourth-order valence-electron chi connectivity index (χ4n) is 2.51. The fraction of sp³-hybridized carbons (Fsp3) is 0.0952. The number of hydrogen-bond donors (Lipinski definition) is 3. The summed E-state index contributed by atoms with van der Waals surface area (Å²) in [6.45, 7) is 1.73. The summed E-state index contributed by atoms with van der Waals surface area (Å²) in [6.07, 6.45) is 4.73. The van der Waals surface area contributed by atoms with Crippen LogP contribution in [0.15, 0.2) is 67.1 Å². The second-order valence-electron chi connectivity index (χ2n) is 6.19. The lowest BCUT2D eigenvalue weighted by Crippen LogP contribution is -2.24. The van der Waals surface area contributed by atoms with Gasteiger partial charge in [-0.25, -0.2) is 0 Å². The van der Waals surface area contributed by atoms with Crippen molar-refractivity contribution in [3.8, 4) is 0 Å². The number of anilines is 2. The first-order valence-corrected chi connectivity index (χ1v) is 8.83. The van der Waals surface area contributed by atoms with Crippen LogP contribution in [0, 0.1) is 0 Å². The Hall–Kier alpha value is -4.07. The number of nitrogens with zero attached hydrogens (tertiary/aromatic N) is 2. The van der Waals surface area contributed by atoms with E-state index in [9.17, 15) is 14.4 Å². The Kier molecular flexibility index (Phi) is 6.26. The van der Waals surface area contributed by atoms with Crippen LogP contribution in [0.4, 0.5) is 11.4 Å². The third-order valence-corrected chi connectivity index (χ3v) is 3.89. The molecule has 0 unspecified atom stereocenters. The Bertz CT molecular complexity index is 1020. The van der Waals surface area contributed by atoms with E-state index < -0.39 is 0 Å². The van der Waals surface area contributed by atoms with Gasteiger partial charge in [-0.1, -0.05) is 6.07 Å². The van der Waals surface area contributed by atoms with Crippen molar-refractivity contribution in [2.75, 3.05) is 10.6 Å². The van der Waals surface area contributed by atoms with Crippen LogP contribution in [0.5, 0.6) is 0 Å². The summed E-state index contributed by atoms with van der Waals surface area (Å²) >= 11 is 0. The maximum Gasteiger partial charge on any atom is 0.270 e. The SMILES string of the molecule is CC(=O)Nc1ccc(NC(=O)c2ccnc(C(=O)NCc3cccnc3)c2)cc1. The topological polar surface area (TPSA) is 113 Å². The monoisotopic (exact) mass is 389 g/mol. The number of amides is 3. The Morgan fingerprint density at radius 2 is 1.62 bits per heavy atom. The van der Waals surface area contributed by atoms with Gasteiger partial charge in [-0.15, -0.1) is 0 Å². The number of aromatic nitrogens is 2. The van der Waals surface area contributed by atoms with E-state index in [-0.39, 0.29) is 23.4 Å². The smallest absolute Gasteiger partial charge is 0.270 e. The predicted octanol–water partition coefficient (Wildman–Crippen LogP) is 2.62. The van der Waals surface area contributed by atoms with Crippen molar-refractivity contribution in [1.82, 2.24) is 15.3 Å². The van der Waals surface area contributed by atoms with E-state index in [1.807, 2.05) is 6.07 Å². The molecule has 0 bridgehead atoms. The van der Waals surface area contributed by atoms with Crippen LogP contribution in [0.2, 0.25) is 0 Å². The Labute approximate surface area is 167 Å². The molecule has 0 radical (unpaired) electrons. The molecule has 8 nitrogen and oxygen atoms in total. The molecule has 3 rings (SSSR count). The summed E-state index contributed by atoms with van der Waals surface area (Å²) < 4.78 is 0. The quantitative estimate of drug-likeness (QED) is 0.600. The minimum atomic E-state index is -0.386. The van der Waals surface area contributed by atoms with Gasteiger partial charge in [0.05, 0.1) is 0 Å². The number of benzene rings is 1. The van der Waals surface area contributed by atoms with Crippen molar-refractivity contribution in [3.63, 3.8) is 0 Å². The van der Waals surface area contributed by atoms with Crippen LogP contribution in [0.25, 0.3) is 0 Å². The summed E-state index contributed by atoms with van der Waals surface area (Å²) in [5, 5.41) is 8.14. The van der Waals surface area contributed by atoms with Crippen LogP contribution < -0.4 is 16.0 Å². The van der Waals surface area contributed by atoms with Crippen molar-refractivity contribution in [3.05, 3.63) is 83.9 Å². The van der Waals surface area contributed by atoms with Gasteiger partial charge in [-0.2, -0.15) is 0 Å². The van der Waals surface area contributed by atoms with Crippen LogP contribution in [0.1, 0.15) is 33.3 Å². The molecule has 0 aliphatic heterocycles. The fourth-order valence-corrected chi connectivity index (χ4v) is 2.51. The second kappa shape index (κ2) is 9.23. The molecule has 0 aliphatic rings. The zero-order chi connectivity index (χ0) is 20.6. The summed E-state index contributed by atoms with van der Waals surface area (Å²) in [5.74, 6) is -0.933. The first-order chi connectivity index (χ1) is 14.0. The van der Waals surface area contributed by atoms with Crippen molar-refractivity contribution < 1.29 is 14.4 Å². The third kappa shape index (κ3) is 5.70. The zero-order valence-corrected chi connectivity index (χ0v) is 15.7. The lowest BCUT2D eigenvalue weighted by Gasteiger charge is -2.08. The molecule has 3 aromatic rings. The Morgan fingerprint density at radius 1 is 0.897 bits per heavy atom. The number of rotatable bonds is 6. The van der Waals surface area contributed by atoms with Crippen molar-refractivity contribution in [2.24, 2.45) is 0 Å². The highest BCUT2D eigenvalue weighted by atomic mass is 16.2. The maximum absolute atomic E-state index is 12.5. The van der Waals surface area contributed by atoms with Crippen LogP contribution in [0.3, 0.4) is 0 Å². The molecule has 0 saturated heterocycles. The molecule has 3 amide bonds. The average Bonchev–Trinajstić information content (AvgIpc) is 2.74. The highest BCUT2D eigenvalue weighted by Crippen LogP contribution is 2.15. The molecule has 0 fully saturated rings. The van der Waals surface area contributed by atoms with E-state index in [4.69, 9.17) is 0 Å². The second-order valence-corrected chi connectivity index (χ2v) is 6.19. The van der Waals surface area contributed by atoms with Crippen LogP contribution >= 0.6 is 0 Å². The molecule has 3 N–H and O–H groups in total. The van der Waals surface area contributed by atoms with Crippen molar-refractivity contribution in [1.29, 1.82) is 0 Å². The normalized spacial score (nSPS) is 10.1. The number of carbonyl (C=O) groups excluding carboxylic acids is 3. The minimum absolute atomic E-state index is 0.141. The Morgan fingerprint density at radius 3 is 2.28 bits per heavy atom. The predicted molar refractivity (Wildman–Crippen MR) is 108 cm³/mol. The molecular weight excluding hydrogens is 370 g/mol. The van der Waals surface area contributed by atoms with Gasteiger partial charge in [-0.05, 0) is 48.0 Å². The number of hydrogen-bond acceptors (Lipinski definition) is 5. The molecule has 0 saturated carbocycles. The van der Waals surface area contributed by atoms with Gasteiger partial charge in [0.25, 0.3) is 11.8 Å². The average molecular weight is 389 g/mol. The standard InChI is InChI=1S/C21H19N5O3/c1-14(27)25-17-4-6-18(7-5-17)26-20(28)16-8-10-23-19(11-16)21(29)24-13-15-3-2-9-22-12-15/h2-12H,13H2,1H3,(H,24,29)(H,25,27)(H,26,28).